The molecule has 0 aliphatic rings. The molecular weight excluding hydrogens is 386 g/mol. The standard InChI is InChI=1S/C18H15N3O6S/c1-28(25)11-12-3-2-4-14(9-12)18(22)26-10-16-19-20-17(27-16)13-5-7-15(8-6-13)21(23)24/h2-9H,10-11H2,1H3. The number of carbonyl (C=O) groups is 1. The number of benzene rings is 2. The van der Waals surface area contributed by atoms with Gasteiger partial charge in [-0.15, -0.1) is 10.2 Å². The normalized spacial score (nSPS) is 11.8. The van der Waals surface area contributed by atoms with Crippen LogP contribution < -0.4 is 0 Å². The van der Waals surface area contributed by atoms with E-state index in [4.69, 9.17) is 9.15 Å². The SMILES string of the molecule is CS(=O)Cc1cccc(C(=O)OCc2nnc(-c3ccc([N+](=O)[O-])cc3)o2)c1. The number of rotatable bonds is 7. The number of nitro groups is 1. The lowest BCUT2D eigenvalue weighted by Gasteiger charge is -2.04. The fourth-order valence-corrected chi connectivity index (χ4v) is 3.04. The van der Waals surface area contributed by atoms with Crippen LogP contribution in [-0.4, -0.2) is 31.6 Å². The van der Waals surface area contributed by atoms with Gasteiger partial charge in [0.2, 0.25) is 5.89 Å². The second-order valence-corrected chi connectivity index (χ2v) is 7.23. The molecule has 1 aromatic heterocycles. The van der Waals surface area contributed by atoms with Gasteiger partial charge in [0.1, 0.15) is 0 Å². The average molecular weight is 401 g/mol. The number of hydrogen-bond donors (Lipinski definition) is 0. The first-order valence-electron chi connectivity index (χ1n) is 8.05. The quantitative estimate of drug-likeness (QED) is 0.336. The number of esters is 1. The predicted octanol–water partition coefficient (Wildman–Crippen LogP) is 2.88. The summed E-state index contributed by atoms with van der Waals surface area (Å²) in [7, 11) is -1.01. The second kappa shape index (κ2) is 8.53. The Hall–Kier alpha value is -3.40. The molecule has 0 aliphatic heterocycles. The summed E-state index contributed by atoms with van der Waals surface area (Å²) in [4.78, 5) is 22.4. The molecule has 2 aromatic carbocycles. The van der Waals surface area contributed by atoms with E-state index in [1.807, 2.05) is 0 Å². The van der Waals surface area contributed by atoms with Crippen molar-refractivity contribution in [3.63, 3.8) is 0 Å². The molecule has 0 aliphatic carbocycles. The zero-order chi connectivity index (χ0) is 20.1. The van der Waals surface area contributed by atoms with Gasteiger partial charge in [-0.1, -0.05) is 12.1 Å². The summed E-state index contributed by atoms with van der Waals surface area (Å²) in [5.74, 6) is 0.0309. The van der Waals surface area contributed by atoms with Gasteiger partial charge >= 0.3 is 5.97 Å². The third-order valence-electron chi connectivity index (χ3n) is 3.65. The Morgan fingerprint density at radius 2 is 1.96 bits per heavy atom. The molecule has 0 fully saturated rings. The molecule has 3 rings (SSSR count). The molecular formula is C18H15N3O6S. The molecule has 0 spiro atoms. The lowest BCUT2D eigenvalue weighted by molar-refractivity contribution is -0.384. The van der Waals surface area contributed by atoms with Gasteiger partial charge in [-0.05, 0) is 29.8 Å². The molecule has 3 aromatic rings. The number of nitrogens with zero attached hydrogens (tertiary/aromatic N) is 3. The zero-order valence-corrected chi connectivity index (χ0v) is 15.5. The Morgan fingerprint density at radius 1 is 1.21 bits per heavy atom. The second-order valence-electron chi connectivity index (χ2n) is 5.80. The van der Waals surface area contributed by atoms with Gasteiger partial charge in [0.15, 0.2) is 6.61 Å². The van der Waals surface area contributed by atoms with Crippen molar-refractivity contribution in [1.29, 1.82) is 0 Å². The van der Waals surface area contributed by atoms with Gasteiger partial charge in [-0.3, -0.25) is 14.3 Å². The number of aromatic nitrogens is 2. The van der Waals surface area contributed by atoms with Crippen LogP contribution in [0.15, 0.2) is 52.9 Å². The van der Waals surface area contributed by atoms with Crippen molar-refractivity contribution < 1.29 is 23.1 Å². The summed E-state index contributed by atoms with van der Waals surface area (Å²) in [6.07, 6.45) is 1.59. The molecule has 1 atom stereocenters. The van der Waals surface area contributed by atoms with Gasteiger partial charge in [0, 0.05) is 40.5 Å². The summed E-state index contributed by atoms with van der Waals surface area (Å²) < 4.78 is 21.9. The maximum atomic E-state index is 12.2. The molecule has 28 heavy (non-hydrogen) atoms. The minimum absolute atomic E-state index is 0.0495. The zero-order valence-electron chi connectivity index (χ0n) is 14.7. The summed E-state index contributed by atoms with van der Waals surface area (Å²) in [5.41, 5.74) is 1.56. The summed E-state index contributed by atoms with van der Waals surface area (Å²) in [6.45, 7) is -0.219. The van der Waals surface area contributed by atoms with Crippen LogP contribution in [0.2, 0.25) is 0 Å². The van der Waals surface area contributed by atoms with Crippen LogP contribution >= 0.6 is 0 Å². The molecule has 0 N–H and O–H groups in total. The molecule has 0 amide bonds. The van der Waals surface area contributed by atoms with Crippen molar-refractivity contribution in [3.05, 3.63) is 75.7 Å². The minimum Gasteiger partial charge on any atom is -0.452 e. The molecule has 9 nitrogen and oxygen atoms in total. The first kappa shape index (κ1) is 19.4. The maximum Gasteiger partial charge on any atom is 0.338 e. The molecule has 1 heterocycles. The fraction of sp³-hybridized carbons (Fsp3) is 0.167. The minimum atomic E-state index is -1.01. The molecule has 1 unspecified atom stereocenters. The number of ether oxygens (including phenoxy) is 1. The molecule has 10 heteroatoms. The van der Waals surface area contributed by atoms with E-state index < -0.39 is 21.7 Å². The molecule has 0 saturated carbocycles. The lowest BCUT2D eigenvalue weighted by Crippen LogP contribution is -2.06. The van der Waals surface area contributed by atoms with Crippen molar-refractivity contribution in [2.45, 2.75) is 12.4 Å². The third kappa shape index (κ3) is 4.86. The summed E-state index contributed by atoms with van der Waals surface area (Å²) in [5, 5.41) is 18.3. The van der Waals surface area contributed by atoms with Crippen molar-refractivity contribution in [3.8, 4) is 11.5 Å². The first-order valence-corrected chi connectivity index (χ1v) is 9.78. The highest BCUT2D eigenvalue weighted by atomic mass is 32.2. The van der Waals surface area contributed by atoms with Crippen LogP contribution in [0, 0.1) is 10.1 Å². The van der Waals surface area contributed by atoms with E-state index >= 15 is 0 Å². The highest BCUT2D eigenvalue weighted by molar-refractivity contribution is 7.83. The molecule has 0 bridgehead atoms. The van der Waals surface area contributed by atoms with E-state index in [0.29, 0.717) is 16.9 Å². The van der Waals surface area contributed by atoms with E-state index in [1.165, 1.54) is 24.3 Å². The van der Waals surface area contributed by atoms with Crippen LogP contribution in [0.25, 0.3) is 11.5 Å². The molecule has 0 saturated heterocycles. The lowest BCUT2D eigenvalue weighted by atomic mass is 10.1. The van der Waals surface area contributed by atoms with Gasteiger partial charge in [-0.25, -0.2) is 4.79 Å². The van der Waals surface area contributed by atoms with E-state index in [9.17, 15) is 19.1 Å². The Kier molecular flexibility index (Phi) is 5.90. The smallest absolute Gasteiger partial charge is 0.338 e. The Bertz CT molecular complexity index is 1030. The Labute approximate surface area is 162 Å². The van der Waals surface area contributed by atoms with Crippen LogP contribution in [-0.2, 0) is 27.9 Å². The van der Waals surface area contributed by atoms with E-state index in [-0.39, 0.29) is 24.1 Å². The van der Waals surface area contributed by atoms with Crippen LogP contribution in [0.5, 0.6) is 0 Å². The molecule has 144 valence electrons. The number of carbonyl (C=O) groups excluding carboxylic acids is 1. The average Bonchev–Trinajstić information content (AvgIpc) is 3.15. The Balaban J connectivity index is 1.63. The van der Waals surface area contributed by atoms with Crippen molar-refractivity contribution in [1.82, 2.24) is 10.2 Å². The monoisotopic (exact) mass is 401 g/mol. The third-order valence-corrected chi connectivity index (χ3v) is 4.39. The number of hydrogen-bond acceptors (Lipinski definition) is 8. The topological polar surface area (TPSA) is 125 Å². The van der Waals surface area contributed by atoms with E-state index in [2.05, 4.69) is 10.2 Å². The van der Waals surface area contributed by atoms with Crippen LogP contribution in [0.3, 0.4) is 0 Å². The van der Waals surface area contributed by atoms with Gasteiger partial charge in [0.05, 0.1) is 10.5 Å². The van der Waals surface area contributed by atoms with Gasteiger partial charge in [-0.2, -0.15) is 0 Å². The highest BCUT2D eigenvalue weighted by Crippen LogP contribution is 2.21. The highest BCUT2D eigenvalue weighted by Gasteiger charge is 2.14. The Morgan fingerprint density at radius 3 is 2.64 bits per heavy atom. The van der Waals surface area contributed by atoms with Crippen LogP contribution in [0.4, 0.5) is 5.69 Å². The van der Waals surface area contributed by atoms with Crippen LogP contribution in [0.1, 0.15) is 21.8 Å². The summed E-state index contributed by atoms with van der Waals surface area (Å²) in [6, 6.07) is 12.3. The van der Waals surface area contributed by atoms with Gasteiger partial charge < -0.3 is 9.15 Å². The summed E-state index contributed by atoms with van der Waals surface area (Å²) >= 11 is 0. The number of non-ortho nitro benzene ring substituents is 1. The van der Waals surface area contributed by atoms with Crippen molar-refractivity contribution in [2.75, 3.05) is 6.26 Å². The molecule has 0 radical (unpaired) electrons. The van der Waals surface area contributed by atoms with Crippen molar-refractivity contribution in [2.24, 2.45) is 0 Å². The fourth-order valence-electron chi connectivity index (χ4n) is 2.39. The van der Waals surface area contributed by atoms with E-state index in [1.54, 1.807) is 30.5 Å². The van der Waals surface area contributed by atoms with E-state index in [0.717, 1.165) is 5.56 Å². The largest absolute Gasteiger partial charge is 0.452 e. The van der Waals surface area contributed by atoms with Crippen molar-refractivity contribution >= 4 is 22.5 Å². The maximum absolute atomic E-state index is 12.2. The predicted molar refractivity (Wildman–Crippen MR) is 99.7 cm³/mol. The van der Waals surface area contributed by atoms with Gasteiger partial charge in [0.25, 0.3) is 11.6 Å². The first-order chi connectivity index (χ1) is 13.4. The number of nitro benzene ring substituents is 1.